The fraction of sp³-hybridized carbons (Fsp3) is 0.217. The molecule has 2 aromatic rings. The lowest BCUT2D eigenvalue weighted by molar-refractivity contribution is -0.122. The molecule has 11 nitrogen and oxygen atoms in total. The van der Waals surface area contributed by atoms with Gasteiger partial charge in [0.1, 0.15) is 17.7 Å². The number of Topliss-reactive ketones (excluding diaryl/α,β-unsaturated/α-hetero) is 1. The summed E-state index contributed by atoms with van der Waals surface area (Å²) in [6.07, 6.45) is -0.222. The number of anilines is 1. The first kappa shape index (κ1) is 20.1. The average Bonchev–Trinajstić information content (AvgIpc) is 3.59. The van der Waals surface area contributed by atoms with Crippen LogP contribution in [0.3, 0.4) is 0 Å². The van der Waals surface area contributed by atoms with Gasteiger partial charge in [-0.25, -0.2) is 4.90 Å². The number of amides is 4. The predicted octanol–water partition coefficient (Wildman–Crippen LogP) is 0.488. The molecule has 0 aromatic heterocycles. The third kappa shape index (κ3) is 2.76. The van der Waals surface area contributed by atoms with Crippen LogP contribution < -0.4 is 19.8 Å². The number of ether oxygens (including phenoxy) is 2. The third-order valence-corrected chi connectivity index (χ3v) is 6.27. The van der Waals surface area contributed by atoms with E-state index in [-0.39, 0.29) is 36.6 Å². The van der Waals surface area contributed by atoms with Crippen LogP contribution in [-0.4, -0.2) is 59.4 Å². The van der Waals surface area contributed by atoms with E-state index in [4.69, 9.17) is 9.47 Å². The molecule has 6 rings (SSSR count). The van der Waals surface area contributed by atoms with Gasteiger partial charge in [0, 0.05) is 19.0 Å². The maximum atomic E-state index is 13.2. The average molecular weight is 460 g/mol. The largest absolute Gasteiger partial charge is 0.454 e. The summed E-state index contributed by atoms with van der Waals surface area (Å²) in [5.74, 6) is -2.77. The Labute approximate surface area is 191 Å². The van der Waals surface area contributed by atoms with Crippen molar-refractivity contribution < 1.29 is 33.4 Å². The fourth-order valence-electron chi connectivity index (χ4n) is 4.58. The molecule has 0 saturated carbocycles. The normalized spacial score (nSPS) is 22.2. The van der Waals surface area contributed by atoms with Crippen LogP contribution in [0.15, 0.2) is 47.6 Å². The highest BCUT2D eigenvalue weighted by Gasteiger charge is 2.55. The van der Waals surface area contributed by atoms with Crippen LogP contribution in [0.5, 0.6) is 11.5 Å². The smallest absolute Gasteiger partial charge is 0.261 e. The highest BCUT2D eigenvalue weighted by Crippen LogP contribution is 2.38. The molecule has 170 valence electrons. The van der Waals surface area contributed by atoms with E-state index in [0.717, 1.165) is 9.80 Å². The molecule has 4 amide bonds. The maximum absolute atomic E-state index is 13.2. The van der Waals surface area contributed by atoms with Crippen LogP contribution >= 0.6 is 0 Å². The van der Waals surface area contributed by atoms with E-state index in [0.29, 0.717) is 17.2 Å². The van der Waals surface area contributed by atoms with Crippen LogP contribution in [-0.2, 0) is 14.4 Å². The Morgan fingerprint density at radius 2 is 1.68 bits per heavy atom. The van der Waals surface area contributed by atoms with Crippen LogP contribution in [0.2, 0.25) is 0 Å². The molecule has 0 unspecified atom stereocenters. The van der Waals surface area contributed by atoms with Gasteiger partial charge in [0.2, 0.25) is 12.7 Å². The van der Waals surface area contributed by atoms with Gasteiger partial charge >= 0.3 is 0 Å². The summed E-state index contributed by atoms with van der Waals surface area (Å²) in [6.45, 7) is -0.110. The molecule has 0 spiro atoms. The number of ketones is 1. The van der Waals surface area contributed by atoms with Gasteiger partial charge < -0.3 is 9.47 Å². The van der Waals surface area contributed by atoms with Crippen LogP contribution in [0.25, 0.3) is 0 Å². The Balaban J connectivity index is 1.18. The molecule has 0 aliphatic carbocycles. The lowest BCUT2D eigenvalue weighted by Gasteiger charge is -2.16. The number of fused-ring (bicyclic) bond motifs is 3. The maximum Gasteiger partial charge on any atom is 0.261 e. The second-order valence-corrected chi connectivity index (χ2v) is 8.11. The van der Waals surface area contributed by atoms with E-state index in [9.17, 15) is 24.0 Å². The predicted molar refractivity (Wildman–Crippen MR) is 114 cm³/mol. The minimum absolute atomic E-state index is 0.0475. The second-order valence-electron chi connectivity index (χ2n) is 8.11. The van der Waals surface area contributed by atoms with Gasteiger partial charge in [0.05, 0.1) is 16.8 Å². The van der Waals surface area contributed by atoms with E-state index in [1.165, 1.54) is 6.07 Å². The lowest BCUT2D eigenvalue weighted by Crippen LogP contribution is -2.36. The molecule has 4 heterocycles. The van der Waals surface area contributed by atoms with Gasteiger partial charge in [0.25, 0.3) is 17.7 Å². The molecular formula is C23H16N4O7. The first-order valence-corrected chi connectivity index (χ1v) is 10.5. The van der Waals surface area contributed by atoms with Crippen LogP contribution in [0.1, 0.15) is 27.1 Å². The van der Waals surface area contributed by atoms with Gasteiger partial charge in [-0.15, -0.1) is 0 Å². The summed E-state index contributed by atoms with van der Waals surface area (Å²) in [5.41, 5.74) is 3.37. The quantitative estimate of drug-likeness (QED) is 0.637. The standard InChI is InChI=1S/C23H16N4O7/c28-14(7-8-26-20(29)12-3-1-2-4-13(12)21(26)30)18-17-19(25-24-18)23(32)27(22(17)31)11-5-6-15-16(9-11)34-10-33-15/h1-6,9,17,19,25H,7-8,10H2/t17-,19+/m0/s1. The number of carbonyl (C=O) groups is 5. The van der Waals surface area contributed by atoms with Crippen molar-refractivity contribution in [2.24, 2.45) is 11.0 Å². The number of rotatable bonds is 5. The molecule has 2 aromatic carbocycles. The molecule has 2 atom stereocenters. The summed E-state index contributed by atoms with van der Waals surface area (Å²) in [6, 6.07) is 10.1. The topological polar surface area (TPSA) is 135 Å². The number of carbonyl (C=O) groups excluding carboxylic acids is 5. The first-order chi connectivity index (χ1) is 16.5. The van der Waals surface area contributed by atoms with Crippen molar-refractivity contribution in [3.63, 3.8) is 0 Å². The summed E-state index contributed by atoms with van der Waals surface area (Å²) in [5, 5.41) is 3.95. The number of hydrazone groups is 1. The zero-order chi connectivity index (χ0) is 23.6. The number of nitrogens with one attached hydrogen (secondary N) is 1. The van der Waals surface area contributed by atoms with E-state index < -0.39 is 41.4 Å². The second kappa shape index (κ2) is 7.24. The molecule has 1 saturated heterocycles. The zero-order valence-corrected chi connectivity index (χ0v) is 17.5. The molecule has 4 aliphatic heterocycles. The molecule has 1 N–H and O–H groups in total. The van der Waals surface area contributed by atoms with Gasteiger partial charge in [-0.3, -0.25) is 34.3 Å². The summed E-state index contributed by atoms with van der Waals surface area (Å²) in [7, 11) is 0. The van der Waals surface area contributed by atoms with Crippen molar-refractivity contribution in [3.05, 3.63) is 53.6 Å². The van der Waals surface area contributed by atoms with E-state index in [1.54, 1.807) is 36.4 Å². The number of nitrogens with zero attached hydrogens (tertiary/aromatic N) is 3. The fourth-order valence-corrected chi connectivity index (χ4v) is 4.58. The monoisotopic (exact) mass is 460 g/mol. The van der Waals surface area contributed by atoms with Crippen molar-refractivity contribution >= 4 is 40.8 Å². The minimum Gasteiger partial charge on any atom is -0.454 e. The van der Waals surface area contributed by atoms with E-state index in [1.807, 2.05) is 0 Å². The first-order valence-electron chi connectivity index (χ1n) is 10.5. The highest BCUT2D eigenvalue weighted by atomic mass is 16.7. The van der Waals surface area contributed by atoms with Crippen LogP contribution in [0, 0.1) is 5.92 Å². The molecule has 4 aliphatic rings. The van der Waals surface area contributed by atoms with Crippen molar-refractivity contribution in [1.29, 1.82) is 0 Å². The Kier molecular flexibility index (Phi) is 4.28. The minimum atomic E-state index is -1.09. The molecule has 0 radical (unpaired) electrons. The van der Waals surface area contributed by atoms with Crippen molar-refractivity contribution in [2.75, 3.05) is 18.2 Å². The molecule has 1 fully saturated rings. The van der Waals surface area contributed by atoms with Crippen molar-refractivity contribution in [1.82, 2.24) is 10.3 Å². The summed E-state index contributed by atoms with van der Waals surface area (Å²) in [4.78, 5) is 66.1. The Morgan fingerprint density at radius 1 is 0.971 bits per heavy atom. The summed E-state index contributed by atoms with van der Waals surface area (Å²) >= 11 is 0. The number of hydrogen-bond donors (Lipinski definition) is 1. The zero-order valence-electron chi connectivity index (χ0n) is 17.5. The number of hydrogen-bond acceptors (Lipinski definition) is 9. The highest BCUT2D eigenvalue weighted by molar-refractivity contribution is 6.48. The Morgan fingerprint density at radius 3 is 2.41 bits per heavy atom. The van der Waals surface area contributed by atoms with E-state index in [2.05, 4.69) is 10.5 Å². The molecule has 11 heteroatoms. The third-order valence-electron chi connectivity index (χ3n) is 6.27. The van der Waals surface area contributed by atoms with Crippen molar-refractivity contribution in [2.45, 2.75) is 12.5 Å². The van der Waals surface area contributed by atoms with Crippen molar-refractivity contribution in [3.8, 4) is 11.5 Å². The molecule has 34 heavy (non-hydrogen) atoms. The van der Waals surface area contributed by atoms with E-state index >= 15 is 0 Å². The molecular weight excluding hydrogens is 444 g/mol. The van der Waals surface area contributed by atoms with Gasteiger partial charge in [-0.1, -0.05) is 12.1 Å². The molecule has 0 bridgehead atoms. The SMILES string of the molecule is O=C(CCN1C(=O)c2ccccc2C1=O)C1=NN[C@H]2C(=O)N(c3ccc4c(c3)OCO4)C(=O)[C@@H]12. The van der Waals surface area contributed by atoms with Gasteiger partial charge in [0.15, 0.2) is 17.3 Å². The lowest BCUT2D eigenvalue weighted by atomic mass is 9.94. The number of benzene rings is 2. The summed E-state index contributed by atoms with van der Waals surface area (Å²) < 4.78 is 10.6. The van der Waals surface area contributed by atoms with Crippen LogP contribution in [0.4, 0.5) is 5.69 Å². The number of imide groups is 2. The van der Waals surface area contributed by atoms with Gasteiger partial charge in [-0.05, 0) is 24.3 Å². The Bertz CT molecular complexity index is 1320. The van der Waals surface area contributed by atoms with Gasteiger partial charge in [-0.2, -0.15) is 5.10 Å². The Hall–Kier alpha value is -4.54.